The van der Waals surface area contributed by atoms with Gasteiger partial charge in [0.1, 0.15) is 6.10 Å². The maximum atomic E-state index is 5.64. The van der Waals surface area contributed by atoms with Gasteiger partial charge in [0, 0.05) is 6.42 Å². The Labute approximate surface area is 89.0 Å². The van der Waals surface area contributed by atoms with E-state index < -0.39 is 0 Å². The average molecular weight is 211 g/mol. The van der Waals surface area contributed by atoms with Gasteiger partial charge in [0.2, 0.25) is 0 Å². The van der Waals surface area contributed by atoms with Crippen LogP contribution in [0.5, 0.6) is 0 Å². The first-order valence-corrected chi connectivity index (χ1v) is 5.47. The van der Waals surface area contributed by atoms with Crippen molar-refractivity contribution in [3.05, 3.63) is 11.7 Å². The van der Waals surface area contributed by atoms with Crippen molar-refractivity contribution in [1.29, 1.82) is 0 Å². The van der Waals surface area contributed by atoms with Crippen molar-refractivity contribution < 1.29 is 9.26 Å². The Balaban J connectivity index is 1.94. The maximum absolute atomic E-state index is 5.64. The fourth-order valence-electron chi connectivity index (χ4n) is 1.74. The van der Waals surface area contributed by atoms with Crippen LogP contribution in [0.4, 0.5) is 0 Å². The van der Waals surface area contributed by atoms with Crippen molar-refractivity contribution in [2.24, 2.45) is 5.73 Å². The Bertz CT molecular complexity index is 313. The van der Waals surface area contributed by atoms with Gasteiger partial charge in [0.15, 0.2) is 5.82 Å². The molecule has 1 aromatic heterocycles. The van der Waals surface area contributed by atoms with Gasteiger partial charge in [-0.15, -0.1) is 0 Å². The predicted octanol–water partition coefficient (Wildman–Crippen LogP) is 1.20. The van der Waals surface area contributed by atoms with Gasteiger partial charge in [0.25, 0.3) is 5.89 Å². The van der Waals surface area contributed by atoms with Crippen molar-refractivity contribution in [3.63, 3.8) is 0 Å². The SMILES string of the molecule is CC1CCC(c2nc(CCCN)no2)O1. The predicted molar refractivity (Wildman–Crippen MR) is 54.2 cm³/mol. The van der Waals surface area contributed by atoms with Gasteiger partial charge in [-0.1, -0.05) is 5.16 Å². The molecule has 0 spiro atoms. The van der Waals surface area contributed by atoms with Crippen LogP contribution in [-0.2, 0) is 11.2 Å². The van der Waals surface area contributed by atoms with Crippen molar-refractivity contribution in [3.8, 4) is 0 Å². The Morgan fingerprint density at radius 3 is 3.00 bits per heavy atom. The molecule has 0 saturated carbocycles. The molecule has 2 N–H and O–H groups in total. The highest BCUT2D eigenvalue weighted by Crippen LogP contribution is 2.31. The van der Waals surface area contributed by atoms with Crippen LogP contribution in [0.2, 0.25) is 0 Å². The Hall–Kier alpha value is -0.940. The van der Waals surface area contributed by atoms with E-state index >= 15 is 0 Å². The molecule has 0 aliphatic carbocycles. The summed E-state index contributed by atoms with van der Waals surface area (Å²) in [5, 5.41) is 3.90. The van der Waals surface area contributed by atoms with E-state index in [4.69, 9.17) is 15.0 Å². The minimum atomic E-state index is -0.000809. The largest absolute Gasteiger partial charge is 0.365 e. The van der Waals surface area contributed by atoms with E-state index in [0.717, 1.165) is 31.5 Å². The number of aryl methyl sites for hydroxylation is 1. The molecule has 84 valence electrons. The number of hydrogen-bond acceptors (Lipinski definition) is 5. The molecule has 1 fully saturated rings. The van der Waals surface area contributed by atoms with E-state index in [0.29, 0.717) is 18.5 Å². The van der Waals surface area contributed by atoms with E-state index in [-0.39, 0.29) is 6.10 Å². The second kappa shape index (κ2) is 4.72. The van der Waals surface area contributed by atoms with Gasteiger partial charge >= 0.3 is 0 Å². The number of hydrogen-bond donors (Lipinski definition) is 1. The first-order valence-electron chi connectivity index (χ1n) is 5.47. The number of rotatable bonds is 4. The third-order valence-corrected chi connectivity index (χ3v) is 2.60. The van der Waals surface area contributed by atoms with Crippen LogP contribution in [0.1, 0.15) is 44.0 Å². The van der Waals surface area contributed by atoms with Gasteiger partial charge in [-0.2, -0.15) is 4.98 Å². The van der Waals surface area contributed by atoms with Crippen molar-refractivity contribution in [2.75, 3.05) is 6.54 Å². The van der Waals surface area contributed by atoms with Crippen molar-refractivity contribution >= 4 is 0 Å². The minimum Gasteiger partial charge on any atom is -0.365 e. The molecule has 1 saturated heterocycles. The highest BCUT2D eigenvalue weighted by Gasteiger charge is 2.27. The molecule has 1 aliphatic rings. The van der Waals surface area contributed by atoms with Gasteiger partial charge in [-0.05, 0) is 32.7 Å². The van der Waals surface area contributed by atoms with E-state index in [2.05, 4.69) is 17.1 Å². The van der Waals surface area contributed by atoms with Crippen LogP contribution in [0.15, 0.2) is 4.52 Å². The number of ether oxygens (including phenoxy) is 1. The zero-order valence-corrected chi connectivity index (χ0v) is 8.98. The quantitative estimate of drug-likeness (QED) is 0.810. The fourth-order valence-corrected chi connectivity index (χ4v) is 1.74. The number of nitrogens with two attached hydrogens (primary N) is 1. The normalized spacial score (nSPS) is 26.0. The van der Waals surface area contributed by atoms with Crippen LogP contribution < -0.4 is 5.73 Å². The molecule has 2 atom stereocenters. The zero-order valence-electron chi connectivity index (χ0n) is 8.98. The Morgan fingerprint density at radius 2 is 2.33 bits per heavy atom. The highest BCUT2D eigenvalue weighted by molar-refractivity contribution is 4.93. The average Bonchev–Trinajstić information content (AvgIpc) is 2.83. The summed E-state index contributed by atoms with van der Waals surface area (Å²) in [7, 11) is 0. The molecule has 2 heterocycles. The fraction of sp³-hybridized carbons (Fsp3) is 0.800. The summed E-state index contributed by atoms with van der Waals surface area (Å²) < 4.78 is 10.8. The lowest BCUT2D eigenvalue weighted by Gasteiger charge is -2.04. The molecule has 0 bridgehead atoms. The van der Waals surface area contributed by atoms with E-state index in [1.54, 1.807) is 0 Å². The van der Waals surface area contributed by atoms with E-state index in [1.807, 2.05) is 0 Å². The summed E-state index contributed by atoms with van der Waals surface area (Å²) in [6, 6.07) is 0. The molecule has 0 aromatic carbocycles. The van der Waals surface area contributed by atoms with Crippen LogP contribution >= 0.6 is 0 Å². The standard InChI is InChI=1S/C10H17N3O2/c1-7-4-5-8(14-7)10-12-9(13-15-10)3-2-6-11/h7-8H,2-6,11H2,1H3. The molecule has 2 rings (SSSR count). The lowest BCUT2D eigenvalue weighted by atomic mass is 10.2. The smallest absolute Gasteiger partial charge is 0.255 e. The summed E-state index contributed by atoms with van der Waals surface area (Å²) in [4.78, 5) is 4.31. The molecule has 1 aliphatic heterocycles. The first kappa shape index (κ1) is 10.6. The molecule has 2 unspecified atom stereocenters. The third kappa shape index (κ3) is 2.54. The molecular weight excluding hydrogens is 194 g/mol. The van der Waals surface area contributed by atoms with Gasteiger partial charge < -0.3 is 15.0 Å². The van der Waals surface area contributed by atoms with Crippen molar-refractivity contribution in [2.45, 2.75) is 44.8 Å². The molecule has 5 nitrogen and oxygen atoms in total. The van der Waals surface area contributed by atoms with Crippen molar-refractivity contribution in [1.82, 2.24) is 10.1 Å². The summed E-state index contributed by atoms with van der Waals surface area (Å²) in [6.07, 6.45) is 4.00. The van der Waals surface area contributed by atoms with Crippen LogP contribution in [0.3, 0.4) is 0 Å². The maximum Gasteiger partial charge on any atom is 0.255 e. The molecule has 0 radical (unpaired) electrons. The number of nitrogens with zero attached hydrogens (tertiary/aromatic N) is 2. The van der Waals surface area contributed by atoms with Gasteiger partial charge in [-0.3, -0.25) is 0 Å². The molecule has 5 heteroatoms. The second-order valence-electron chi connectivity index (χ2n) is 3.95. The summed E-state index contributed by atoms with van der Waals surface area (Å²) in [5.74, 6) is 1.35. The van der Waals surface area contributed by atoms with Crippen LogP contribution in [0, 0.1) is 0 Å². The Kier molecular flexibility index (Phi) is 3.33. The van der Waals surface area contributed by atoms with Gasteiger partial charge in [0.05, 0.1) is 6.10 Å². The molecule has 15 heavy (non-hydrogen) atoms. The van der Waals surface area contributed by atoms with E-state index in [1.165, 1.54) is 0 Å². The summed E-state index contributed by atoms with van der Waals surface area (Å²) in [5.41, 5.74) is 5.41. The molecular formula is C10H17N3O2. The monoisotopic (exact) mass is 211 g/mol. The first-order chi connectivity index (χ1) is 7.29. The minimum absolute atomic E-state index is 0.000809. The zero-order chi connectivity index (χ0) is 10.7. The van der Waals surface area contributed by atoms with Gasteiger partial charge in [-0.25, -0.2) is 0 Å². The molecule has 0 amide bonds. The second-order valence-corrected chi connectivity index (χ2v) is 3.95. The lowest BCUT2D eigenvalue weighted by Crippen LogP contribution is -2.03. The number of aromatic nitrogens is 2. The highest BCUT2D eigenvalue weighted by atomic mass is 16.5. The van der Waals surface area contributed by atoms with Crippen LogP contribution in [-0.4, -0.2) is 22.8 Å². The summed E-state index contributed by atoms with van der Waals surface area (Å²) >= 11 is 0. The summed E-state index contributed by atoms with van der Waals surface area (Å²) in [6.45, 7) is 2.71. The topological polar surface area (TPSA) is 74.2 Å². The van der Waals surface area contributed by atoms with E-state index in [9.17, 15) is 0 Å². The Morgan fingerprint density at radius 1 is 1.47 bits per heavy atom. The molecule has 1 aromatic rings. The lowest BCUT2D eigenvalue weighted by molar-refractivity contribution is 0.0355. The van der Waals surface area contributed by atoms with Crippen LogP contribution in [0.25, 0.3) is 0 Å². The third-order valence-electron chi connectivity index (χ3n) is 2.60.